The molecule has 0 aromatic heterocycles. The minimum absolute atomic E-state index is 0.0993. The van der Waals surface area contributed by atoms with Gasteiger partial charge in [0.2, 0.25) is 0 Å². The van der Waals surface area contributed by atoms with Crippen molar-refractivity contribution in [1.82, 2.24) is 0 Å². The number of carbonyl (C=O) groups is 3. The van der Waals surface area contributed by atoms with Crippen molar-refractivity contribution < 1.29 is 28.6 Å². The smallest absolute Gasteiger partial charge is 0.306 e. The Hall–Kier alpha value is -3.67. The van der Waals surface area contributed by atoms with E-state index >= 15 is 0 Å². The van der Waals surface area contributed by atoms with Crippen molar-refractivity contribution in [3.05, 3.63) is 97.2 Å². The second-order valence-corrected chi connectivity index (χ2v) is 18.5. The van der Waals surface area contributed by atoms with E-state index in [0.29, 0.717) is 19.3 Å². The average molecular weight is 946 g/mol. The number of hydrogen-bond acceptors (Lipinski definition) is 6. The van der Waals surface area contributed by atoms with E-state index < -0.39 is 6.10 Å². The zero-order valence-electron chi connectivity index (χ0n) is 44.3. The van der Waals surface area contributed by atoms with E-state index in [-0.39, 0.29) is 31.1 Å². The zero-order valence-corrected chi connectivity index (χ0v) is 44.3. The molecular weight excluding hydrogens is 841 g/mol. The van der Waals surface area contributed by atoms with Crippen LogP contribution in [0.3, 0.4) is 0 Å². The molecule has 6 heteroatoms. The first kappa shape index (κ1) is 64.3. The van der Waals surface area contributed by atoms with Crippen LogP contribution < -0.4 is 0 Å². The summed E-state index contributed by atoms with van der Waals surface area (Å²) in [6.07, 6.45) is 73.9. The first-order chi connectivity index (χ1) is 33.5. The minimum atomic E-state index is -0.805. The summed E-state index contributed by atoms with van der Waals surface area (Å²) in [7, 11) is 0. The Morgan fingerprint density at radius 1 is 0.309 bits per heavy atom. The van der Waals surface area contributed by atoms with Gasteiger partial charge in [0.15, 0.2) is 6.10 Å². The Balaban J connectivity index is 4.46. The summed E-state index contributed by atoms with van der Waals surface area (Å²) in [5, 5.41) is 0. The molecule has 388 valence electrons. The average Bonchev–Trinajstić information content (AvgIpc) is 3.34. The summed E-state index contributed by atoms with van der Waals surface area (Å²) in [6, 6.07) is 0. The van der Waals surface area contributed by atoms with Gasteiger partial charge in [0.05, 0.1) is 0 Å². The highest BCUT2D eigenvalue weighted by atomic mass is 16.6. The Labute approximate surface area is 419 Å². The number of unbranched alkanes of at least 4 members (excludes halogenated alkanes) is 23. The van der Waals surface area contributed by atoms with Crippen molar-refractivity contribution in [3.8, 4) is 0 Å². The molecule has 0 aliphatic heterocycles. The van der Waals surface area contributed by atoms with Gasteiger partial charge in [-0.05, 0) is 122 Å². The van der Waals surface area contributed by atoms with E-state index in [9.17, 15) is 14.4 Å². The van der Waals surface area contributed by atoms with Crippen LogP contribution in [0.2, 0.25) is 0 Å². The fourth-order valence-corrected chi connectivity index (χ4v) is 7.55. The van der Waals surface area contributed by atoms with Crippen LogP contribution in [0.5, 0.6) is 0 Å². The molecule has 0 aromatic rings. The van der Waals surface area contributed by atoms with Gasteiger partial charge >= 0.3 is 17.9 Å². The first-order valence-electron chi connectivity index (χ1n) is 28.2. The summed E-state index contributed by atoms with van der Waals surface area (Å²) in [5.41, 5.74) is 0. The molecule has 0 spiro atoms. The molecular formula is C62H104O6. The zero-order chi connectivity index (χ0) is 49.3. The molecule has 6 nitrogen and oxygen atoms in total. The largest absolute Gasteiger partial charge is 0.462 e. The van der Waals surface area contributed by atoms with Crippen molar-refractivity contribution in [2.75, 3.05) is 13.2 Å². The summed E-state index contributed by atoms with van der Waals surface area (Å²) < 4.78 is 16.8. The van der Waals surface area contributed by atoms with Crippen LogP contribution in [0.25, 0.3) is 0 Å². The van der Waals surface area contributed by atoms with Gasteiger partial charge in [-0.1, -0.05) is 214 Å². The molecule has 0 aromatic carbocycles. The van der Waals surface area contributed by atoms with E-state index in [1.54, 1.807) is 0 Å². The Bertz CT molecular complexity index is 1360. The molecule has 0 radical (unpaired) electrons. The van der Waals surface area contributed by atoms with Crippen molar-refractivity contribution >= 4 is 17.9 Å². The quantitative estimate of drug-likeness (QED) is 0.0262. The highest BCUT2D eigenvalue weighted by molar-refractivity contribution is 5.71. The van der Waals surface area contributed by atoms with Gasteiger partial charge in [-0.2, -0.15) is 0 Å². The molecule has 1 atom stereocenters. The summed E-state index contributed by atoms with van der Waals surface area (Å²) in [4.78, 5) is 38.1. The van der Waals surface area contributed by atoms with E-state index in [1.807, 2.05) is 0 Å². The third-order valence-electron chi connectivity index (χ3n) is 11.8. The van der Waals surface area contributed by atoms with Crippen molar-refractivity contribution in [2.45, 2.75) is 264 Å². The highest BCUT2D eigenvalue weighted by Gasteiger charge is 2.19. The first-order valence-corrected chi connectivity index (χ1v) is 28.2. The van der Waals surface area contributed by atoms with E-state index in [0.717, 1.165) is 116 Å². The second-order valence-electron chi connectivity index (χ2n) is 18.5. The second kappa shape index (κ2) is 55.9. The fraction of sp³-hybridized carbons (Fsp3) is 0.694. The predicted molar refractivity (Wildman–Crippen MR) is 293 cm³/mol. The highest BCUT2D eigenvalue weighted by Crippen LogP contribution is 2.14. The van der Waals surface area contributed by atoms with Crippen LogP contribution in [-0.4, -0.2) is 37.2 Å². The van der Waals surface area contributed by atoms with Crippen LogP contribution in [0, 0.1) is 0 Å². The molecule has 0 aliphatic carbocycles. The third-order valence-corrected chi connectivity index (χ3v) is 11.8. The molecule has 68 heavy (non-hydrogen) atoms. The lowest BCUT2D eigenvalue weighted by Crippen LogP contribution is -2.30. The van der Waals surface area contributed by atoms with Crippen molar-refractivity contribution in [2.24, 2.45) is 0 Å². The maximum Gasteiger partial charge on any atom is 0.306 e. The number of rotatable bonds is 50. The van der Waals surface area contributed by atoms with Crippen molar-refractivity contribution in [3.63, 3.8) is 0 Å². The lowest BCUT2D eigenvalue weighted by Gasteiger charge is -2.18. The maximum absolute atomic E-state index is 12.8. The van der Waals surface area contributed by atoms with Gasteiger partial charge in [-0.25, -0.2) is 0 Å². The standard InChI is InChI=1S/C62H104O6/c1-4-7-10-13-16-19-22-25-28-30-31-32-35-37-40-43-46-49-52-55-61(64)67-58-59(57-66-60(63)54-51-48-45-42-39-36-33-27-24-21-18-15-12-9-6-3)68-62(65)56-53-50-47-44-41-38-34-29-26-23-20-17-14-11-8-5-2/h9,12,16,18-21,23,25,27-29,33-34,39,42,59H,4-8,10-11,13-15,17,22,24,26,30-32,35-38,40-41,43-58H2,1-3H3/b12-9-,19-16-,21-18-,23-20-,28-25-,33-27-,34-29-,42-39-. The Kier molecular flexibility index (Phi) is 52.9. The lowest BCUT2D eigenvalue weighted by atomic mass is 10.1. The van der Waals surface area contributed by atoms with Crippen LogP contribution in [0.15, 0.2) is 97.2 Å². The molecule has 0 heterocycles. The molecule has 0 bridgehead atoms. The number of ether oxygens (including phenoxy) is 3. The molecule has 0 amide bonds. The van der Waals surface area contributed by atoms with E-state index in [2.05, 4.69) is 118 Å². The summed E-state index contributed by atoms with van der Waals surface area (Å²) >= 11 is 0. The maximum atomic E-state index is 12.8. The minimum Gasteiger partial charge on any atom is -0.462 e. The number of esters is 3. The molecule has 1 unspecified atom stereocenters. The number of carbonyl (C=O) groups excluding carboxylic acids is 3. The molecule has 0 rings (SSSR count). The van der Waals surface area contributed by atoms with Gasteiger partial charge in [0.25, 0.3) is 0 Å². The molecule has 0 fully saturated rings. The topological polar surface area (TPSA) is 78.9 Å². The SMILES string of the molecule is CC/C=C\C/C=C\C/C=C\C/C=C\CCCCC(=O)OCC(COC(=O)CCCCCCCCCCC/C=C\C/C=C\CCCCC)OC(=O)CCCCCCC/C=C\C/C=C\CCCCCC. The van der Waals surface area contributed by atoms with Crippen LogP contribution in [0.1, 0.15) is 258 Å². The Morgan fingerprint density at radius 3 is 0.956 bits per heavy atom. The summed E-state index contributed by atoms with van der Waals surface area (Å²) in [6.45, 7) is 6.44. The summed E-state index contributed by atoms with van der Waals surface area (Å²) in [5.74, 6) is -0.959. The third kappa shape index (κ3) is 53.3. The lowest BCUT2D eigenvalue weighted by molar-refractivity contribution is -0.167. The Morgan fingerprint density at radius 2 is 0.574 bits per heavy atom. The molecule has 0 N–H and O–H groups in total. The van der Waals surface area contributed by atoms with Crippen LogP contribution in [0.4, 0.5) is 0 Å². The van der Waals surface area contributed by atoms with Gasteiger partial charge in [-0.15, -0.1) is 0 Å². The van der Waals surface area contributed by atoms with Gasteiger partial charge in [-0.3, -0.25) is 14.4 Å². The predicted octanol–water partition coefficient (Wildman–Crippen LogP) is 18.9. The number of allylic oxidation sites excluding steroid dienone is 16. The molecule has 0 aliphatic rings. The molecule has 0 saturated heterocycles. The molecule has 0 saturated carbocycles. The van der Waals surface area contributed by atoms with Crippen molar-refractivity contribution in [1.29, 1.82) is 0 Å². The van der Waals surface area contributed by atoms with E-state index in [1.165, 1.54) is 103 Å². The number of hydrogen-bond donors (Lipinski definition) is 0. The van der Waals surface area contributed by atoms with E-state index in [4.69, 9.17) is 14.2 Å². The fourth-order valence-electron chi connectivity index (χ4n) is 7.55. The monoisotopic (exact) mass is 945 g/mol. The van der Waals surface area contributed by atoms with Crippen LogP contribution in [-0.2, 0) is 28.6 Å². The van der Waals surface area contributed by atoms with Gasteiger partial charge in [0.1, 0.15) is 13.2 Å². The van der Waals surface area contributed by atoms with Gasteiger partial charge < -0.3 is 14.2 Å². The van der Waals surface area contributed by atoms with Crippen LogP contribution >= 0.6 is 0 Å². The van der Waals surface area contributed by atoms with Gasteiger partial charge in [0, 0.05) is 19.3 Å². The normalized spacial score (nSPS) is 12.8.